The molecular formula is C13H23N3O. The molecule has 0 aromatic rings. The maximum absolute atomic E-state index is 11.6. The van der Waals surface area contributed by atoms with Gasteiger partial charge in [0.1, 0.15) is 0 Å². The summed E-state index contributed by atoms with van der Waals surface area (Å²) in [6.07, 6.45) is 4.29. The second-order valence-electron chi connectivity index (χ2n) is 5.01. The van der Waals surface area contributed by atoms with Crippen molar-refractivity contribution in [1.29, 1.82) is 5.26 Å². The number of hydrogen-bond acceptors (Lipinski definition) is 3. The molecule has 1 heterocycles. The normalized spacial score (nSPS) is 17.7. The van der Waals surface area contributed by atoms with Crippen molar-refractivity contribution in [3.8, 4) is 6.07 Å². The fourth-order valence-electron chi connectivity index (χ4n) is 2.21. The van der Waals surface area contributed by atoms with E-state index in [9.17, 15) is 4.79 Å². The molecule has 1 rings (SSSR count). The molecule has 0 bridgehead atoms. The Balaban J connectivity index is 2.17. The highest BCUT2D eigenvalue weighted by Gasteiger charge is 2.17. The van der Waals surface area contributed by atoms with Crippen molar-refractivity contribution in [2.24, 2.45) is 5.92 Å². The SMILES string of the molecule is CN1CCC(CCN(C)C(=O)CCC#N)CC1. The first-order valence-corrected chi connectivity index (χ1v) is 6.43. The Hall–Kier alpha value is -1.08. The average Bonchev–Trinajstić information content (AvgIpc) is 2.34. The monoisotopic (exact) mass is 237 g/mol. The van der Waals surface area contributed by atoms with Gasteiger partial charge in [-0.05, 0) is 45.3 Å². The molecule has 1 saturated heterocycles. The topological polar surface area (TPSA) is 47.3 Å². The van der Waals surface area contributed by atoms with Crippen molar-refractivity contribution in [3.05, 3.63) is 0 Å². The van der Waals surface area contributed by atoms with Gasteiger partial charge in [0.15, 0.2) is 0 Å². The summed E-state index contributed by atoms with van der Waals surface area (Å²) < 4.78 is 0. The summed E-state index contributed by atoms with van der Waals surface area (Å²) in [5, 5.41) is 8.43. The number of hydrogen-bond donors (Lipinski definition) is 0. The molecular weight excluding hydrogens is 214 g/mol. The summed E-state index contributed by atoms with van der Waals surface area (Å²) in [5.41, 5.74) is 0. The smallest absolute Gasteiger partial charge is 0.223 e. The maximum Gasteiger partial charge on any atom is 0.223 e. The van der Waals surface area contributed by atoms with E-state index in [2.05, 4.69) is 11.9 Å². The number of piperidine rings is 1. The van der Waals surface area contributed by atoms with Crippen LogP contribution in [-0.2, 0) is 4.79 Å². The third kappa shape index (κ3) is 5.18. The van der Waals surface area contributed by atoms with Crippen LogP contribution in [0.4, 0.5) is 0 Å². The van der Waals surface area contributed by atoms with Crippen molar-refractivity contribution >= 4 is 5.91 Å². The van der Waals surface area contributed by atoms with Gasteiger partial charge in [0.2, 0.25) is 5.91 Å². The first-order valence-electron chi connectivity index (χ1n) is 6.43. The number of nitriles is 1. The summed E-state index contributed by atoms with van der Waals surface area (Å²) in [6, 6.07) is 2.01. The van der Waals surface area contributed by atoms with Crippen LogP contribution in [0.2, 0.25) is 0 Å². The lowest BCUT2D eigenvalue weighted by Gasteiger charge is -2.30. The minimum atomic E-state index is 0.0967. The van der Waals surface area contributed by atoms with Gasteiger partial charge < -0.3 is 9.80 Å². The van der Waals surface area contributed by atoms with Crippen LogP contribution in [0.1, 0.15) is 32.1 Å². The van der Waals surface area contributed by atoms with Crippen molar-refractivity contribution in [2.45, 2.75) is 32.1 Å². The van der Waals surface area contributed by atoms with E-state index in [-0.39, 0.29) is 5.91 Å². The molecule has 0 spiro atoms. The van der Waals surface area contributed by atoms with Gasteiger partial charge in [-0.1, -0.05) is 0 Å². The zero-order valence-electron chi connectivity index (χ0n) is 11.0. The molecule has 17 heavy (non-hydrogen) atoms. The Labute approximate surface area is 104 Å². The molecule has 0 N–H and O–H groups in total. The molecule has 0 aliphatic carbocycles. The van der Waals surface area contributed by atoms with Crippen LogP contribution in [-0.4, -0.2) is 49.4 Å². The van der Waals surface area contributed by atoms with E-state index in [0.29, 0.717) is 12.8 Å². The standard InChI is InChI=1S/C13H23N3O/c1-15-9-5-12(6-10-15)7-11-16(2)13(17)4-3-8-14/h12H,3-7,9-11H2,1-2H3. The number of nitrogens with zero attached hydrogens (tertiary/aromatic N) is 3. The molecule has 0 radical (unpaired) electrons. The lowest BCUT2D eigenvalue weighted by Crippen LogP contribution is -2.33. The van der Waals surface area contributed by atoms with Crippen LogP contribution in [0.3, 0.4) is 0 Å². The molecule has 0 aromatic carbocycles. The van der Waals surface area contributed by atoms with E-state index in [1.165, 1.54) is 25.9 Å². The molecule has 1 aliphatic rings. The summed E-state index contributed by atoms with van der Waals surface area (Å²) in [4.78, 5) is 15.7. The molecule has 96 valence electrons. The van der Waals surface area contributed by atoms with Gasteiger partial charge in [0, 0.05) is 26.4 Å². The van der Waals surface area contributed by atoms with Gasteiger partial charge in [-0.15, -0.1) is 0 Å². The largest absolute Gasteiger partial charge is 0.346 e. The fourth-order valence-corrected chi connectivity index (χ4v) is 2.21. The Bertz CT molecular complexity index is 277. The third-order valence-electron chi connectivity index (χ3n) is 3.59. The molecule has 4 nitrogen and oxygen atoms in total. The lowest BCUT2D eigenvalue weighted by molar-refractivity contribution is -0.130. The van der Waals surface area contributed by atoms with Crippen molar-refractivity contribution in [2.75, 3.05) is 33.7 Å². The molecule has 1 fully saturated rings. The van der Waals surface area contributed by atoms with Crippen LogP contribution in [0.5, 0.6) is 0 Å². The van der Waals surface area contributed by atoms with Gasteiger partial charge in [-0.3, -0.25) is 4.79 Å². The third-order valence-corrected chi connectivity index (χ3v) is 3.59. The van der Waals surface area contributed by atoms with Gasteiger partial charge in [0.25, 0.3) is 0 Å². The predicted octanol–water partition coefficient (Wildman–Crippen LogP) is 1.48. The minimum absolute atomic E-state index is 0.0967. The van der Waals surface area contributed by atoms with E-state index in [1.54, 1.807) is 4.90 Å². The van der Waals surface area contributed by atoms with Gasteiger partial charge >= 0.3 is 0 Å². The van der Waals surface area contributed by atoms with Crippen LogP contribution < -0.4 is 0 Å². The molecule has 4 heteroatoms. The second kappa shape index (κ2) is 7.29. The van der Waals surface area contributed by atoms with Gasteiger partial charge in [-0.2, -0.15) is 5.26 Å². The van der Waals surface area contributed by atoms with Crippen LogP contribution in [0.25, 0.3) is 0 Å². The van der Waals surface area contributed by atoms with Gasteiger partial charge in [0.05, 0.1) is 6.07 Å². The van der Waals surface area contributed by atoms with E-state index >= 15 is 0 Å². The summed E-state index contributed by atoms with van der Waals surface area (Å²) in [6.45, 7) is 3.19. The Morgan fingerprint density at radius 3 is 2.71 bits per heavy atom. The highest BCUT2D eigenvalue weighted by atomic mass is 16.2. The molecule has 0 atom stereocenters. The number of carbonyl (C=O) groups is 1. The van der Waals surface area contributed by atoms with E-state index in [1.807, 2.05) is 13.1 Å². The second-order valence-corrected chi connectivity index (χ2v) is 5.01. The van der Waals surface area contributed by atoms with Crippen LogP contribution >= 0.6 is 0 Å². The van der Waals surface area contributed by atoms with Crippen LogP contribution in [0, 0.1) is 17.2 Å². The highest BCUT2D eigenvalue weighted by Crippen LogP contribution is 2.19. The summed E-state index contributed by atoms with van der Waals surface area (Å²) in [5.74, 6) is 0.858. The zero-order chi connectivity index (χ0) is 12.7. The minimum Gasteiger partial charge on any atom is -0.346 e. The molecule has 0 saturated carbocycles. The van der Waals surface area contributed by atoms with E-state index in [4.69, 9.17) is 5.26 Å². The quantitative estimate of drug-likeness (QED) is 0.727. The number of rotatable bonds is 5. The lowest BCUT2D eigenvalue weighted by atomic mass is 9.93. The predicted molar refractivity (Wildman–Crippen MR) is 67.3 cm³/mol. The number of amides is 1. The fraction of sp³-hybridized carbons (Fsp3) is 0.846. The Morgan fingerprint density at radius 1 is 1.47 bits per heavy atom. The Kier molecular flexibility index (Phi) is 5.99. The molecule has 0 aromatic heterocycles. The highest BCUT2D eigenvalue weighted by molar-refractivity contribution is 5.76. The van der Waals surface area contributed by atoms with Crippen molar-refractivity contribution in [3.63, 3.8) is 0 Å². The van der Waals surface area contributed by atoms with Crippen molar-refractivity contribution in [1.82, 2.24) is 9.80 Å². The number of carbonyl (C=O) groups excluding carboxylic acids is 1. The van der Waals surface area contributed by atoms with Crippen molar-refractivity contribution < 1.29 is 4.79 Å². The van der Waals surface area contributed by atoms with Crippen LogP contribution in [0.15, 0.2) is 0 Å². The Morgan fingerprint density at radius 2 is 2.12 bits per heavy atom. The average molecular weight is 237 g/mol. The number of likely N-dealkylation sites (tertiary alicyclic amines) is 1. The maximum atomic E-state index is 11.6. The molecule has 0 unspecified atom stereocenters. The zero-order valence-corrected chi connectivity index (χ0v) is 11.0. The van der Waals surface area contributed by atoms with E-state index < -0.39 is 0 Å². The molecule has 1 aliphatic heterocycles. The first kappa shape index (κ1) is 14.0. The molecule has 1 amide bonds. The van der Waals surface area contributed by atoms with Gasteiger partial charge in [-0.25, -0.2) is 0 Å². The van der Waals surface area contributed by atoms with E-state index in [0.717, 1.165) is 18.9 Å². The first-order chi connectivity index (χ1) is 8.13. The summed E-state index contributed by atoms with van der Waals surface area (Å²) in [7, 11) is 4.00. The summed E-state index contributed by atoms with van der Waals surface area (Å²) >= 11 is 0.